The van der Waals surface area contributed by atoms with Crippen molar-refractivity contribution in [2.75, 3.05) is 32.8 Å². The summed E-state index contributed by atoms with van der Waals surface area (Å²) in [5.41, 5.74) is 1.27. The summed E-state index contributed by atoms with van der Waals surface area (Å²) in [6.45, 7) is 13.8. The molecular weight excluding hydrogens is 798 g/mol. The lowest BCUT2D eigenvalue weighted by atomic mass is 9.80. The van der Waals surface area contributed by atoms with Gasteiger partial charge in [0.25, 0.3) is 14.1 Å². The first kappa shape index (κ1) is 45.3. The summed E-state index contributed by atoms with van der Waals surface area (Å²) >= 11 is 0. The van der Waals surface area contributed by atoms with Gasteiger partial charge in [0.2, 0.25) is 11.9 Å². The van der Waals surface area contributed by atoms with Gasteiger partial charge in [-0.2, -0.15) is 10.2 Å². The van der Waals surface area contributed by atoms with E-state index in [9.17, 15) is 14.9 Å². The summed E-state index contributed by atoms with van der Waals surface area (Å²) in [5.74, 6) is 1.25. The monoisotopic (exact) mass is 853 g/mol. The van der Waals surface area contributed by atoms with E-state index in [2.05, 4.69) is 58.7 Å². The molecule has 1 unspecified atom stereocenters. The second kappa shape index (κ2) is 20.1. The Kier molecular flexibility index (Phi) is 14.9. The molecule has 0 bridgehead atoms. The summed E-state index contributed by atoms with van der Waals surface area (Å²) in [4.78, 5) is 37.9. The quantitative estimate of drug-likeness (QED) is 0.0466. The topological polar surface area (TPSA) is 175 Å². The highest BCUT2D eigenvalue weighted by Gasteiger charge is 2.45. The fourth-order valence-corrected chi connectivity index (χ4v) is 9.33. The molecule has 3 aromatic carbocycles. The molecule has 1 aliphatic heterocycles. The number of nitriles is 1. The van der Waals surface area contributed by atoms with Gasteiger partial charge in [-0.15, -0.1) is 0 Å². The van der Waals surface area contributed by atoms with E-state index in [-0.39, 0.29) is 60.7 Å². The fourth-order valence-electron chi connectivity index (χ4n) is 7.57. The first-order valence-corrected chi connectivity index (χ1v) is 21.6. The number of aromatic nitrogens is 4. The molecule has 4 atom stereocenters. The number of hydrogen-bond donors (Lipinski definition) is 2. The number of ether oxygens (including phenoxy) is 4. The lowest BCUT2D eigenvalue weighted by molar-refractivity contribution is -0.118. The number of nitrogens with one attached hydrogen (secondary N) is 2. The van der Waals surface area contributed by atoms with E-state index in [0.29, 0.717) is 23.7 Å². The predicted molar refractivity (Wildman–Crippen MR) is 233 cm³/mol. The highest BCUT2D eigenvalue weighted by Crippen LogP contribution is 2.51. The van der Waals surface area contributed by atoms with Crippen LogP contribution >= 0.6 is 8.53 Å². The molecule has 15 nitrogen and oxygen atoms in total. The van der Waals surface area contributed by atoms with Crippen molar-refractivity contribution in [3.63, 3.8) is 0 Å². The van der Waals surface area contributed by atoms with E-state index < -0.39 is 38.1 Å². The van der Waals surface area contributed by atoms with Crippen LogP contribution in [0, 0.1) is 24.2 Å². The number of H-pyrrole nitrogens is 1. The zero-order valence-electron chi connectivity index (χ0n) is 36.2. The lowest BCUT2D eigenvalue weighted by Crippen LogP contribution is -2.39. The number of aromatic amines is 1. The number of methoxy groups -OCH3 is 2. The molecule has 6 rings (SSSR count). The van der Waals surface area contributed by atoms with Crippen LogP contribution in [0.4, 0.5) is 5.95 Å². The Morgan fingerprint density at radius 2 is 1.54 bits per heavy atom. The number of fused-ring (bicyclic) bond motifs is 1. The third kappa shape index (κ3) is 9.97. The zero-order valence-corrected chi connectivity index (χ0v) is 37.1. The number of nitrogens with zero attached hydrogens (tertiary/aromatic N) is 5. The van der Waals surface area contributed by atoms with E-state index in [4.69, 9.17) is 28.0 Å². The number of hydrogen-bond acceptors (Lipinski definition) is 12. The van der Waals surface area contributed by atoms with Crippen LogP contribution in [-0.4, -0.2) is 81.8 Å². The number of aryl methyl sites for hydroxylation is 1. The van der Waals surface area contributed by atoms with E-state index >= 15 is 0 Å². The Bertz CT molecular complexity index is 2270. The van der Waals surface area contributed by atoms with Crippen molar-refractivity contribution >= 4 is 31.5 Å². The van der Waals surface area contributed by atoms with Gasteiger partial charge < -0.3 is 28.0 Å². The van der Waals surface area contributed by atoms with Crippen LogP contribution < -0.4 is 20.3 Å². The van der Waals surface area contributed by atoms with Crippen molar-refractivity contribution < 1.29 is 32.8 Å². The molecule has 0 radical (unpaired) electrons. The Labute approximate surface area is 358 Å². The number of amides is 1. The average Bonchev–Trinajstić information content (AvgIpc) is 3.80. The molecule has 0 aliphatic carbocycles. The molecule has 324 valence electrons. The van der Waals surface area contributed by atoms with E-state index in [1.54, 1.807) is 39.6 Å². The molecule has 61 heavy (non-hydrogen) atoms. The zero-order chi connectivity index (χ0) is 43.8. The molecule has 1 amide bonds. The van der Waals surface area contributed by atoms with Crippen LogP contribution in [-0.2, 0) is 28.9 Å². The summed E-state index contributed by atoms with van der Waals surface area (Å²) < 4.78 is 42.8. The molecule has 16 heteroatoms. The van der Waals surface area contributed by atoms with Crippen LogP contribution in [0.25, 0.3) is 11.2 Å². The first-order chi connectivity index (χ1) is 29.3. The number of rotatable bonds is 19. The van der Waals surface area contributed by atoms with Gasteiger partial charge in [0.15, 0.2) is 11.2 Å². The van der Waals surface area contributed by atoms with Crippen molar-refractivity contribution in [1.29, 1.82) is 5.26 Å². The molecule has 5 aromatic rings. The molecule has 2 aromatic heterocycles. The van der Waals surface area contributed by atoms with Crippen LogP contribution in [0.2, 0.25) is 0 Å². The minimum absolute atomic E-state index is 0.00794. The minimum Gasteiger partial charge on any atom is -0.497 e. The maximum atomic E-state index is 13.4. The Morgan fingerprint density at radius 3 is 2.08 bits per heavy atom. The highest BCUT2D eigenvalue weighted by molar-refractivity contribution is 7.44. The molecule has 1 aliphatic rings. The maximum absolute atomic E-state index is 13.4. The number of imidazole rings is 1. The summed E-state index contributed by atoms with van der Waals surface area (Å²) in [6.07, 6.45) is -1.54. The SMILES string of the molecule is COc1ccc(C(OC[C@H]2O[C@@H](n3c(C)nc4c(=O)[nH]c(NC(=O)C(C)C)nc43)C[C@@H]2OP(OCCC#N)N(C(C)C)C(C)C)(c2ccccc2)c2ccc(OC)cc2)cc1. The Hall–Kier alpha value is -5.20. The van der Waals surface area contributed by atoms with E-state index in [0.717, 1.165) is 16.7 Å². The van der Waals surface area contributed by atoms with E-state index in [1.807, 2.05) is 78.9 Å². The maximum Gasteiger partial charge on any atom is 0.280 e. The molecular formula is C45H56N7O8P. The highest BCUT2D eigenvalue weighted by atomic mass is 31.2. The fraction of sp³-hybridized carbons (Fsp3) is 0.444. The minimum atomic E-state index is -1.70. The van der Waals surface area contributed by atoms with Crippen molar-refractivity contribution in [1.82, 2.24) is 24.2 Å². The van der Waals surface area contributed by atoms with Crippen molar-refractivity contribution in [3.8, 4) is 17.6 Å². The largest absolute Gasteiger partial charge is 0.497 e. The second-order valence-corrected chi connectivity index (χ2v) is 17.0. The first-order valence-electron chi connectivity index (χ1n) is 20.5. The van der Waals surface area contributed by atoms with Crippen LogP contribution in [0.1, 0.15) is 83.1 Å². The molecule has 0 saturated carbocycles. The van der Waals surface area contributed by atoms with Gasteiger partial charge in [-0.3, -0.25) is 24.5 Å². The van der Waals surface area contributed by atoms with E-state index in [1.165, 1.54) is 0 Å². The lowest BCUT2D eigenvalue weighted by Gasteiger charge is -2.39. The van der Waals surface area contributed by atoms with Crippen molar-refractivity contribution in [2.24, 2.45) is 5.92 Å². The predicted octanol–water partition coefficient (Wildman–Crippen LogP) is 8.00. The summed E-state index contributed by atoms with van der Waals surface area (Å²) in [5, 5.41) is 12.1. The molecule has 1 saturated heterocycles. The van der Waals surface area contributed by atoms with Crippen LogP contribution in [0.15, 0.2) is 83.7 Å². The Balaban J connectivity index is 1.47. The third-order valence-electron chi connectivity index (χ3n) is 10.5. The van der Waals surface area contributed by atoms with Gasteiger partial charge in [-0.25, -0.2) is 9.65 Å². The second-order valence-electron chi connectivity index (χ2n) is 15.6. The summed E-state index contributed by atoms with van der Waals surface area (Å²) in [7, 11) is 1.56. The molecule has 2 N–H and O–H groups in total. The van der Waals surface area contributed by atoms with Crippen molar-refractivity contribution in [2.45, 2.75) is 97.4 Å². The van der Waals surface area contributed by atoms with Gasteiger partial charge in [0, 0.05) is 24.4 Å². The van der Waals surface area contributed by atoms with Crippen LogP contribution in [0.3, 0.4) is 0 Å². The Morgan fingerprint density at radius 1 is 0.951 bits per heavy atom. The van der Waals surface area contributed by atoms with Gasteiger partial charge in [-0.1, -0.05) is 68.4 Å². The van der Waals surface area contributed by atoms with Crippen molar-refractivity contribution in [3.05, 3.63) is 112 Å². The molecule has 1 fully saturated rings. The number of carbonyl (C=O) groups is 1. The van der Waals surface area contributed by atoms with Crippen LogP contribution in [0.5, 0.6) is 11.5 Å². The average molecular weight is 854 g/mol. The molecule has 3 heterocycles. The van der Waals surface area contributed by atoms with Gasteiger partial charge in [0.05, 0.1) is 46.0 Å². The number of benzene rings is 3. The molecule has 0 spiro atoms. The van der Waals surface area contributed by atoms with Gasteiger partial charge in [0.1, 0.15) is 35.3 Å². The van der Waals surface area contributed by atoms with Gasteiger partial charge in [-0.05, 0) is 75.6 Å². The number of carbonyl (C=O) groups excluding carboxylic acids is 1. The summed E-state index contributed by atoms with van der Waals surface area (Å²) in [6, 6.07) is 27.9. The van der Waals surface area contributed by atoms with Gasteiger partial charge >= 0.3 is 0 Å². The standard InChI is InChI=1S/C45H56N7O8P/c1-28(2)42(53)49-44-48-41-40(43(54)50-44)47-31(7)51(41)39-26-37(60-61(58-25-13-24-46)52(29(3)4)30(5)6)38(59-39)27-57-45(32-14-11-10-12-15-32,33-16-20-35(55-8)21-17-33)34-18-22-36(56-9)23-19-34/h10-12,14-23,28-30,37-39H,13,25-27H2,1-9H3,(H2,48,49,50,53,54)/t37-,38+,39+,61?/m0/s1. The third-order valence-corrected chi connectivity index (χ3v) is 12.6. The normalized spacial score (nSPS) is 17.3. The smallest absolute Gasteiger partial charge is 0.280 e. The number of anilines is 1.